The second-order valence-electron chi connectivity index (χ2n) is 5.08. The second-order valence-corrected chi connectivity index (χ2v) is 5.08. The molecule has 0 bridgehead atoms. The van der Waals surface area contributed by atoms with Crippen LogP contribution in [0.1, 0.15) is 32.6 Å². The molecule has 0 amide bonds. The van der Waals surface area contributed by atoms with Gasteiger partial charge in [0.15, 0.2) is 0 Å². The lowest BCUT2D eigenvalue weighted by molar-refractivity contribution is -0.0992. The van der Waals surface area contributed by atoms with Crippen molar-refractivity contribution in [3.63, 3.8) is 0 Å². The summed E-state index contributed by atoms with van der Waals surface area (Å²) >= 11 is 0. The van der Waals surface area contributed by atoms with Crippen molar-refractivity contribution in [1.82, 2.24) is 5.32 Å². The molecule has 1 saturated carbocycles. The van der Waals surface area contributed by atoms with Crippen molar-refractivity contribution >= 4 is 0 Å². The van der Waals surface area contributed by atoms with Gasteiger partial charge < -0.3 is 10.1 Å². The minimum absolute atomic E-state index is 0.443. The second kappa shape index (κ2) is 3.97. The molecule has 0 aromatic heterocycles. The van der Waals surface area contributed by atoms with E-state index in [2.05, 4.69) is 12.2 Å². The van der Waals surface area contributed by atoms with Crippen LogP contribution >= 0.6 is 0 Å². The molecule has 1 aliphatic carbocycles. The zero-order valence-electron chi connectivity index (χ0n) is 8.64. The molecule has 1 aliphatic heterocycles. The van der Waals surface area contributed by atoms with Crippen molar-refractivity contribution in [3.8, 4) is 0 Å². The van der Waals surface area contributed by atoms with Crippen LogP contribution in [0.2, 0.25) is 0 Å². The van der Waals surface area contributed by atoms with Crippen molar-refractivity contribution in [2.45, 2.75) is 32.6 Å². The van der Waals surface area contributed by atoms with E-state index in [9.17, 15) is 0 Å². The van der Waals surface area contributed by atoms with E-state index in [1.54, 1.807) is 0 Å². The fourth-order valence-electron chi connectivity index (χ4n) is 2.35. The van der Waals surface area contributed by atoms with Gasteiger partial charge in [-0.25, -0.2) is 0 Å². The molecule has 1 heterocycles. The third kappa shape index (κ3) is 2.44. The lowest BCUT2D eigenvalue weighted by Crippen LogP contribution is -2.47. The lowest BCUT2D eigenvalue weighted by atomic mass is 9.88. The maximum atomic E-state index is 5.22. The summed E-state index contributed by atoms with van der Waals surface area (Å²) in [6.07, 6.45) is 5.79. The molecule has 1 N–H and O–H groups in total. The standard InChI is InChI=1S/C11H21NO/c1-11(8-13-9-11)7-12-6-10-4-2-3-5-10/h10,12H,2-9H2,1H3. The van der Waals surface area contributed by atoms with Crippen LogP contribution in [0.3, 0.4) is 0 Å². The molecule has 2 rings (SSSR count). The Morgan fingerprint density at radius 2 is 2.00 bits per heavy atom. The van der Waals surface area contributed by atoms with Crippen LogP contribution < -0.4 is 5.32 Å². The molecule has 0 spiro atoms. The number of nitrogens with one attached hydrogen (secondary N) is 1. The first-order chi connectivity index (χ1) is 6.29. The average molecular weight is 183 g/mol. The molecule has 76 valence electrons. The molecule has 0 unspecified atom stereocenters. The van der Waals surface area contributed by atoms with Gasteiger partial charge in [-0.15, -0.1) is 0 Å². The summed E-state index contributed by atoms with van der Waals surface area (Å²) in [5, 5.41) is 3.59. The predicted molar refractivity (Wildman–Crippen MR) is 53.8 cm³/mol. The molecule has 2 nitrogen and oxygen atoms in total. The van der Waals surface area contributed by atoms with Gasteiger partial charge in [-0.3, -0.25) is 0 Å². The molecule has 0 radical (unpaired) electrons. The van der Waals surface area contributed by atoms with Gasteiger partial charge in [-0.1, -0.05) is 19.8 Å². The first kappa shape index (κ1) is 9.47. The zero-order chi connectivity index (χ0) is 9.15. The monoisotopic (exact) mass is 183 g/mol. The van der Waals surface area contributed by atoms with E-state index in [4.69, 9.17) is 4.74 Å². The third-order valence-electron chi connectivity index (χ3n) is 3.36. The van der Waals surface area contributed by atoms with Crippen molar-refractivity contribution < 1.29 is 4.74 Å². The van der Waals surface area contributed by atoms with Crippen molar-refractivity contribution in [2.24, 2.45) is 11.3 Å². The van der Waals surface area contributed by atoms with Crippen LogP contribution in [0.25, 0.3) is 0 Å². The highest BCUT2D eigenvalue weighted by Gasteiger charge is 2.32. The largest absolute Gasteiger partial charge is 0.380 e. The van der Waals surface area contributed by atoms with Gasteiger partial charge in [0.1, 0.15) is 0 Å². The van der Waals surface area contributed by atoms with Crippen molar-refractivity contribution in [2.75, 3.05) is 26.3 Å². The first-order valence-electron chi connectivity index (χ1n) is 5.57. The quantitative estimate of drug-likeness (QED) is 0.717. The van der Waals surface area contributed by atoms with Crippen LogP contribution in [0.15, 0.2) is 0 Å². The lowest BCUT2D eigenvalue weighted by Gasteiger charge is -2.38. The molecular formula is C11H21NO. The molecular weight excluding hydrogens is 162 g/mol. The normalized spacial score (nSPS) is 27.5. The third-order valence-corrected chi connectivity index (χ3v) is 3.36. The first-order valence-corrected chi connectivity index (χ1v) is 5.57. The van der Waals surface area contributed by atoms with E-state index >= 15 is 0 Å². The van der Waals surface area contributed by atoms with Gasteiger partial charge in [0.05, 0.1) is 13.2 Å². The minimum atomic E-state index is 0.443. The molecule has 2 aliphatic rings. The summed E-state index contributed by atoms with van der Waals surface area (Å²) in [5.41, 5.74) is 0.443. The van der Waals surface area contributed by atoms with Crippen LogP contribution in [0.4, 0.5) is 0 Å². The van der Waals surface area contributed by atoms with E-state index in [1.165, 1.54) is 32.2 Å². The Morgan fingerprint density at radius 1 is 1.31 bits per heavy atom. The van der Waals surface area contributed by atoms with E-state index in [0.717, 1.165) is 25.7 Å². The van der Waals surface area contributed by atoms with E-state index in [0.29, 0.717) is 5.41 Å². The maximum Gasteiger partial charge on any atom is 0.0554 e. The average Bonchev–Trinajstić information content (AvgIpc) is 2.54. The fraction of sp³-hybridized carbons (Fsp3) is 1.00. The highest BCUT2D eigenvalue weighted by Crippen LogP contribution is 2.26. The van der Waals surface area contributed by atoms with E-state index in [1.807, 2.05) is 0 Å². The highest BCUT2D eigenvalue weighted by molar-refractivity contribution is 4.83. The summed E-state index contributed by atoms with van der Waals surface area (Å²) in [4.78, 5) is 0. The van der Waals surface area contributed by atoms with Crippen LogP contribution in [-0.2, 0) is 4.74 Å². The minimum Gasteiger partial charge on any atom is -0.380 e. The fourth-order valence-corrected chi connectivity index (χ4v) is 2.35. The molecule has 2 heteroatoms. The predicted octanol–water partition coefficient (Wildman–Crippen LogP) is 1.80. The van der Waals surface area contributed by atoms with E-state index in [-0.39, 0.29) is 0 Å². The summed E-state index contributed by atoms with van der Waals surface area (Å²) in [7, 11) is 0. The van der Waals surface area contributed by atoms with Crippen LogP contribution in [-0.4, -0.2) is 26.3 Å². The summed E-state index contributed by atoms with van der Waals surface area (Å²) in [6.45, 7) is 6.58. The number of hydrogen-bond acceptors (Lipinski definition) is 2. The Balaban J connectivity index is 1.57. The van der Waals surface area contributed by atoms with Gasteiger partial charge in [0.2, 0.25) is 0 Å². The Kier molecular flexibility index (Phi) is 2.89. The Bertz CT molecular complexity index is 159. The SMILES string of the molecule is CC1(CNCC2CCCC2)COC1. The zero-order valence-corrected chi connectivity index (χ0v) is 8.64. The highest BCUT2D eigenvalue weighted by atomic mass is 16.5. The molecule has 0 aromatic carbocycles. The van der Waals surface area contributed by atoms with E-state index < -0.39 is 0 Å². The number of ether oxygens (including phenoxy) is 1. The topological polar surface area (TPSA) is 21.3 Å². The van der Waals surface area contributed by atoms with Gasteiger partial charge >= 0.3 is 0 Å². The Hall–Kier alpha value is -0.0800. The molecule has 1 saturated heterocycles. The number of hydrogen-bond donors (Lipinski definition) is 1. The smallest absolute Gasteiger partial charge is 0.0554 e. The Morgan fingerprint density at radius 3 is 2.54 bits per heavy atom. The summed E-state index contributed by atoms with van der Waals surface area (Å²) < 4.78 is 5.22. The molecule has 2 fully saturated rings. The van der Waals surface area contributed by atoms with Gasteiger partial charge in [0.25, 0.3) is 0 Å². The number of rotatable bonds is 4. The van der Waals surface area contributed by atoms with Crippen molar-refractivity contribution in [3.05, 3.63) is 0 Å². The van der Waals surface area contributed by atoms with Crippen LogP contribution in [0.5, 0.6) is 0 Å². The molecule has 0 aromatic rings. The Labute approximate surface area is 81.0 Å². The molecule has 13 heavy (non-hydrogen) atoms. The summed E-state index contributed by atoms with van der Waals surface area (Å²) in [6, 6.07) is 0. The van der Waals surface area contributed by atoms with Crippen molar-refractivity contribution in [1.29, 1.82) is 0 Å². The summed E-state index contributed by atoms with van der Waals surface area (Å²) in [5.74, 6) is 0.963. The van der Waals surface area contributed by atoms with Crippen LogP contribution in [0, 0.1) is 11.3 Å². The maximum absolute atomic E-state index is 5.22. The van der Waals surface area contributed by atoms with Gasteiger partial charge in [-0.05, 0) is 25.3 Å². The molecule has 0 atom stereocenters. The van der Waals surface area contributed by atoms with Gasteiger partial charge in [-0.2, -0.15) is 0 Å². The van der Waals surface area contributed by atoms with Gasteiger partial charge in [0, 0.05) is 12.0 Å².